The fourth-order valence-corrected chi connectivity index (χ4v) is 7.12. The highest BCUT2D eigenvalue weighted by Gasteiger charge is 2.58. The van der Waals surface area contributed by atoms with E-state index in [2.05, 4.69) is 31.1 Å². The highest BCUT2D eigenvalue weighted by atomic mass is 16.5. The highest BCUT2D eigenvalue weighted by molar-refractivity contribution is 5.87. The summed E-state index contributed by atoms with van der Waals surface area (Å²) in [7, 11) is 2.94. The van der Waals surface area contributed by atoms with Crippen molar-refractivity contribution in [3.05, 3.63) is 59.3 Å². The number of hydrogen-bond acceptors (Lipinski definition) is 7. The first-order valence-corrected chi connectivity index (χ1v) is 15.4. The van der Waals surface area contributed by atoms with Gasteiger partial charge in [-0.25, -0.2) is 9.78 Å². The molecule has 1 saturated heterocycles. The van der Waals surface area contributed by atoms with Crippen molar-refractivity contribution in [2.45, 2.75) is 90.9 Å². The molecule has 1 aromatic carbocycles. The Morgan fingerprint density at radius 2 is 1.77 bits per heavy atom. The number of nitrogens with one attached hydrogen (secondary N) is 1. The number of hydrogen-bond donors (Lipinski definition) is 2. The minimum atomic E-state index is -0.982. The minimum Gasteiger partial charge on any atom is -0.481 e. The smallest absolute Gasteiger partial charge is 0.326 e. The predicted octanol–water partition coefficient (Wildman–Crippen LogP) is 5.18. The van der Waals surface area contributed by atoms with Crippen LogP contribution in [0.2, 0.25) is 0 Å². The van der Waals surface area contributed by atoms with Crippen molar-refractivity contribution >= 4 is 17.8 Å². The third-order valence-electron chi connectivity index (χ3n) is 9.12. The summed E-state index contributed by atoms with van der Waals surface area (Å²) in [6.07, 6.45) is 6.83. The number of aliphatic carboxylic acids is 1. The zero-order valence-corrected chi connectivity index (χ0v) is 26.3. The second-order valence-corrected chi connectivity index (χ2v) is 13.2. The lowest BCUT2D eigenvalue weighted by Gasteiger charge is -2.36. The topological polar surface area (TPSA) is 118 Å². The number of nitrogens with zero attached hydrogens (tertiary/aromatic N) is 2. The molecule has 1 saturated carbocycles. The molecule has 234 valence electrons. The van der Waals surface area contributed by atoms with Gasteiger partial charge >= 0.3 is 11.9 Å². The number of esters is 1. The Labute approximate surface area is 255 Å². The molecule has 1 aromatic heterocycles. The predicted molar refractivity (Wildman–Crippen MR) is 163 cm³/mol. The average Bonchev–Trinajstić information content (AvgIpc) is 3.36. The van der Waals surface area contributed by atoms with Crippen molar-refractivity contribution in [2.75, 3.05) is 14.2 Å². The lowest BCUT2D eigenvalue weighted by molar-refractivity contribution is -0.154. The molecule has 2 heterocycles. The summed E-state index contributed by atoms with van der Waals surface area (Å²) in [5, 5.41) is 14.4. The van der Waals surface area contributed by atoms with E-state index in [0.717, 1.165) is 48.8 Å². The Morgan fingerprint density at radius 3 is 2.35 bits per heavy atom. The van der Waals surface area contributed by atoms with Crippen LogP contribution in [0.15, 0.2) is 42.6 Å². The lowest BCUT2D eigenvalue weighted by atomic mass is 9.72. The van der Waals surface area contributed by atoms with Crippen LogP contribution in [0, 0.1) is 23.2 Å². The fraction of sp³-hybridized carbons (Fsp3) is 0.588. The first-order valence-electron chi connectivity index (χ1n) is 15.4. The SMILES string of the molecule is COC(=O)[C@H](C)Cc1cnc(OC)c(CN[C@H]2[C@H](C(C)(C)C)[C@@H](C(=O)O)N(C(=O)C3CCCCC3)[C@H]2c2ccccc2)c1. The molecule has 43 heavy (non-hydrogen) atoms. The van der Waals surface area contributed by atoms with E-state index >= 15 is 0 Å². The van der Waals surface area contributed by atoms with Gasteiger partial charge in [0.2, 0.25) is 11.8 Å². The molecule has 0 bridgehead atoms. The number of carboxylic acids is 1. The molecule has 0 radical (unpaired) electrons. The minimum absolute atomic E-state index is 0.0578. The summed E-state index contributed by atoms with van der Waals surface area (Å²) in [5.41, 5.74) is 2.13. The second kappa shape index (κ2) is 13.9. The number of rotatable bonds is 10. The van der Waals surface area contributed by atoms with E-state index in [1.54, 1.807) is 18.2 Å². The standard InChI is InChI=1S/C34H47N3O6/c1-21(33(41)43-6)17-22-18-25(30(42-5)36-19-22)20-35-27-26(34(2,3)4)29(32(39)40)37(28(27)23-13-9-7-10-14-23)31(38)24-15-11-8-12-16-24/h7,9-10,13-14,18-19,21,24,26-29,35H,8,11-12,15-17,20H2,1-6H3,(H,39,40)/t21-,26+,27+,28+,29+/m1/s1. The first kappa shape index (κ1) is 32.5. The van der Waals surface area contributed by atoms with Crippen LogP contribution in [0.25, 0.3) is 0 Å². The number of methoxy groups -OCH3 is 2. The molecule has 1 aliphatic carbocycles. The molecule has 2 aliphatic rings. The zero-order chi connectivity index (χ0) is 31.3. The van der Waals surface area contributed by atoms with Gasteiger partial charge in [0, 0.05) is 36.2 Å². The normalized spacial score (nSPS) is 23.5. The summed E-state index contributed by atoms with van der Waals surface area (Å²) in [6.45, 7) is 8.31. The van der Waals surface area contributed by atoms with Crippen molar-refractivity contribution in [1.29, 1.82) is 0 Å². The Bertz CT molecular complexity index is 1270. The van der Waals surface area contributed by atoms with Crippen LogP contribution < -0.4 is 10.1 Å². The largest absolute Gasteiger partial charge is 0.481 e. The van der Waals surface area contributed by atoms with Crippen LogP contribution in [0.4, 0.5) is 0 Å². The average molecular weight is 594 g/mol. The maximum Gasteiger partial charge on any atom is 0.326 e. The van der Waals surface area contributed by atoms with Gasteiger partial charge in [-0.1, -0.05) is 77.3 Å². The molecular formula is C34H47N3O6. The molecule has 9 nitrogen and oxygen atoms in total. The highest BCUT2D eigenvalue weighted by Crippen LogP contribution is 2.49. The van der Waals surface area contributed by atoms with Gasteiger partial charge in [-0.05, 0) is 41.9 Å². The van der Waals surface area contributed by atoms with Gasteiger partial charge in [-0.2, -0.15) is 0 Å². The number of pyridine rings is 1. The molecule has 0 spiro atoms. The number of carbonyl (C=O) groups is 3. The van der Waals surface area contributed by atoms with E-state index in [0.29, 0.717) is 18.8 Å². The second-order valence-electron chi connectivity index (χ2n) is 13.2. The van der Waals surface area contributed by atoms with Crippen molar-refractivity contribution in [3.63, 3.8) is 0 Å². The van der Waals surface area contributed by atoms with Gasteiger partial charge < -0.3 is 24.8 Å². The van der Waals surface area contributed by atoms with Crippen LogP contribution in [0.3, 0.4) is 0 Å². The summed E-state index contributed by atoms with van der Waals surface area (Å²) < 4.78 is 10.5. The molecule has 1 amide bonds. The third-order valence-corrected chi connectivity index (χ3v) is 9.12. The molecule has 2 fully saturated rings. The van der Waals surface area contributed by atoms with E-state index in [4.69, 9.17) is 9.47 Å². The first-order chi connectivity index (χ1) is 20.5. The van der Waals surface area contributed by atoms with Crippen molar-refractivity contribution in [3.8, 4) is 5.88 Å². The van der Waals surface area contributed by atoms with Gasteiger partial charge in [0.05, 0.1) is 26.2 Å². The van der Waals surface area contributed by atoms with Gasteiger partial charge in [0.1, 0.15) is 6.04 Å². The monoisotopic (exact) mass is 593 g/mol. The van der Waals surface area contributed by atoms with Crippen molar-refractivity contribution in [2.24, 2.45) is 23.2 Å². The molecule has 0 unspecified atom stereocenters. The molecular weight excluding hydrogens is 546 g/mol. The van der Waals surface area contributed by atoms with Gasteiger partial charge in [-0.15, -0.1) is 0 Å². The number of benzene rings is 1. The summed E-state index contributed by atoms with van der Waals surface area (Å²) in [4.78, 5) is 45.6. The molecule has 5 atom stereocenters. The van der Waals surface area contributed by atoms with Gasteiger partial charge in [-0.3, -0.25) is 9.59 Å². The van der Waals surface area contributed by atoms with Gasteiger partial charge in [0.25, 0.3) is 0 Å². The lowest BCUT2D eigenvalue weighted by Crippen LogP contribution is -2.49. The summed E-state index contributed by atoms with van der Waals surface area (Å²) in [6, 6.07) is 9.94. The number of carboxylic acid groups (broad SMARTS) is 1. The number of aromatic nitrogens is 1. The molecule has 2 N–H and O–H groups in total. The van der Waals surface area contributed by atoms with Crippen molar-refractivity contribution in [1.82, 2.24) is 15.2 Å². The van der Waals surface area contributed by atoms with Crippen molar-refractivity contribution < 1.29 is 29.0 Å². The Morgan fingerprint density at radius 1 is 1.09 bits per heavy atom. The number of likely N-dealkylation sites (tertiary alicyclic amines) is 1. The number of carbonyl (C=O) groups excluding carboxylic acids is 2. The number of ether oxygens (including phenoxy) is 2. The van der Waals surface area contributed by atoms with Crippen LogP contribution in [0.5, 0.6) is 5.88 Å². The maximum absolute atomic E-state index is 14.3. The van der Waals surface area contributed by atoms with Crippen LogP contribution in [-0.4, -0.2) is 59.1 Å². The fourth-order valence-electron chi connectivity index (χ4n) is 7.12. The van der Waals surface area contributed by atoms with E-state index < -0.39 is 23.5 Å². The molecule has 4 rings (SSSR count). The van der Waals surface area contributed by atoms with Gasteiger partial charge in [0.15, 0.2) is 0 Å². The maximum atomic E-state index is 14.3. The Balaban J connectivity index is 1.75. The molecule has 2 aromatic rings. The Hall–Kier alpha value is -3.46. The van der Waals surface area contributed by atoms with E-state index in [-0.39, 0.29) is 35.7 Å². The summed E-state index contributed by atoms with van der Waals surface area (Å²) in [5.74, 6) is -1.76. The molecule has 1 aliphatic heterocycles. The quantitative estimate of drug-likeness (QED) is 0.362. The van der Waals surface area contributed by atoms with Crippen LogP contribution >= 0.6 is 0 Å². The summed E-state index contributed by atoms with van der Waals surface area (Å²) >= 11 is 0. The van der Waals surface area contributed by atoms with E-state index in [9.17, 15) is 19.5 Å². The van der Waals surface area contributed by atoms with Crippen LogP contribution in [-0.2, 0) is 32.1 Å². The number of amides is 1. The van der Waals surface area contributed by atoms with E-state index in [1.165, 1.54) is 7.11 Å². The van der Waals surface area contributed by atoms with E-state index in [1.807, 2.05) is 43.3 Å². The Kier molecular flexibility index (Phi) is 10.5. The molecule has 9 heteroatoms. The third kappa shape index (κ3) is 7.20. The zero-order valence-electron chi connectivity index (χ0n) is 26.3. The van der Waals surface area contributed by atoms with Crippen LogP contribution in [0.1, 0.15) is 82.5 Å².